The van der Waals surface area contributed by atoms with E-state index in [-0.39, 0.29) is 6.10 Å². The van der Waals surface area contributed by atoms with Crippen LogP contribution in [0.5, 0.6) is 0 Å². The van der Waals surface area contributed by atoms with Gasteiger partial charge in [0, 0.05) is 12.4 Å². The van der Waals surface area contributed by atoms with Gasteiger partial charge in [-0.2, -0.15) is 0 Å². The molecule has 1 aliphatic heterocycles. The molecule has 2 atom stereocenters. The van der Waals surface area contributed by atoms with Crippen molar-refractivity contribution < 1.29 is 13.6 Å². The number of hydrogen-bond donors (Lipinski definition) is 0. The van der Waals surface area contributed by atoms with E-state index in [4.69, 9.17) is 9.05 Å². The lowest BCUT2D eigenvalue weighted by molar-refractivity contribution is 0.211. The van der Waals surface area contributed by atoms with Crippen LogP contribution in [0.15, 0.2) is 0 Å². The average molecular weight is 229 g/mol. The molecule has 5 heteroatoms. The Morgan fingerprint density at radius 2 is 2.60 bits per heavy atom. The Morgan fingerprint density at radius 1 is 1.90 bits per heavy atom. The van der Waals surface area contributed by atoms with E-state index in [0.717, 1.165) is 11.8 Å². The molecule has 1 rings (SSSR count). The minimum absolute atomic E-state index is 0.0748. The largest absolute Gasteiger partial charge is 0.330 e. The van der Waals surface area contributed by atoms with Crippen LogP contribution in [-0.4, -0.2) is 24.7 Å². The molecule has 3 nitrogen and oxygen atoms in total. The minimum Gasteiger partial charge on any atom is -0.312 e. The zero-order valence-corrected chi connectivity index (χ0v) is 8.23. The van der Waals surface area contributed by atoms with Gasteiger partial charge in [0.25, 0.3) is 0 Å². The molecule has 1 saturated heterocycles. The van der Waals surface area contributed by atoms with Crippen molar-refractivity contribution >= 4 is 23.5 Å². The molecule has 60 valence electrons. The van der Waals surface area contributed by atoms with Crippen molar-refractivity contribution in [2.75, 3.05) is 18.6 Å². The Kier molecular flexibility index (Phi) is 2.92. The Hall–Kier alpha value is 0.630. The molecule has 0 N–H and O–H groups in total. The fourth-order valence-electron chi connectivity index (χ4n) is 0.874. The number of hydrogen-bond acceptors (Lipinski definition) is 3. The highest BCUT2D eigenvalue weighted by atomic mass is 79.9. The summed E-state index contributed by atoms with van der Waals surface area (Å²) in [5.41, 5.74) is 0. The maximum Gasteiger partial charge on any atom is 0.330 e. The first-order valence-electron chi connectivity index (χ1n) is 3.09. The zero-order chi connectivity index (χ0) is 7.61. The number of alkyl halides is 1. The Labute approximate surface area is 68.8 Å². The van der Waals surface area contributed by atoms with Crippen molar-refractivity contribution in [1.29, 1.82) is 0 Å². The van der Waals surface area contributed by atoms with Crippen molar-refractivity contribution in [3.05, 3.63) is 0 Å². The molecule has 0 bridgehead atoms. The second kappa shape index (κ2) is 3.35. The molecule has 0 amide bonds. The molecule has 1 aliphatic rings. The molecule has 0 aromatic heterocycles. The van der Waals surface area contributed by atoms with E-state index in [9.17, 15) is 4.57 Å². The van der Waals surface area contributed by atoms with E-state index in [1.807, 2.05) is 0 Å². The summed E-state index contributed by atoms with van der Waals surface area (Å²) in [6, 6.07) is 0. The SMILES string of the molecule is COP1(=O)CCC(CBr)O1. The molecule has 2 unspecified atom stereocenters. The van der Waals surface area contributed by atoms with Crippen molar-refractivity contribution in [1.82, 2.24) is 0 Å². The first-order chi connectivity index (χ1) is 4.70. The fourth-order valence-corrected chi connectivity index (χ4v) is 3.15. The monoisotopic (exact) mass is 228 g/mol. The first kappa shape index (κ1) is 8.72. The van der Waals surface area contributed by atoms with E-state index >= 15 is 0 Å². The van der Waals surface area contributed by atoms with Crippen LogP contribution in [0, 0.1) is 0 Å². The van der Waals surface area contributed by atoms with Gasteiger partial charge in [-0.3, -0.25) is 4.57 Å². The summed E-state index contributed by atoms with van der Waals surface area (Å²) < 4.78 is 21.2. The topological polar surface area (TPSA) is 35.5 Å². The molecule has 10 heavy (non-hydrogen) atoms. The summed E-state index contributed by atoms with van der Waals surface area (Å²) in [6.45, 7) is 0. The zero-order valence-electron chi connectivity index (χ0n) is 5.75. The van der Waals surface area contributed by atoms with Crippen LogP contribution in [0.4, 0.5) is 0 Å². The van der Waals surface area contributed by atoms with Gasteiger partial charge in [0.2, 0.25) is 0 Å². The molecule has 0 aromatic carbocycles. The highest BCUT2D eigenvalue weighted by molar-refractivity contribution is 9.09. The van der Waals surface area contributed by atoms with Gasteiger partial charge in [-0.15, -0.1) is 0 Å². The number of rotatable bonds is 2. The van der Waals surface area contributed by atoms with Crippen molar-refractivity contribution in [3.8, 4) is 0 Å². The summed E-state index contributed by atoms with van der Waals surface area (Å²) in [4.78, 5) is 0. The molecular formula is C5H10BrO3P. The summed E-state index contributed by atoms with van der Waals surface area (Å²) in [5, 5.41) is 0.736. The predicted octanol–water partition coefficient (Wildman–Crippen LogP) is 2.01. The van der Waals surface area contributed by atoms with Gasteiger partial charge in [-0.1, -0.05) is 15.9 Å². The molecule has 0 radical (unpaired) electrons. The van der Waals surface area contributed by atoms with Crippen LogP contribution in [-0.2, 0) is 13.6 Å². The van der Waals surface area contributed by atoms with Crippen LogP contribution in [0.2, 0.25) is 0 Å². The second-order valence-corrected chi connectivity index (χ2v) is 5.08. The van der Waals surface area contributed by atoms with Gasteiger partial charge in [0.1, 0.15) is 0 Å². The maximum absolute atomic E-state index is 11.3. The highest BCUT2D eigenvalue weighted by Crippen LogP contribution is 2.54. The van der Waals surface area contributed by atoms with Crippen LogP contribution in [0.1, 0.15) is 6.42 Å². The molecule has 1 fully saturated rings. The first-order valence-corrected chi connectivity index (χ1v) is 5.94. The molecule has 1 heterocycles. The van der Waals surface area contributed by atoms with Crippen molar-refractivity contribution in [3.63, 3.8) is 0 Å². The van der Waals surface area contributed by atoms with Crippen LogP contribution in [0.25, 0.3) is 0 Å². The lowest BCUT2D eigenvalue weighted by Gasteiger charge is -2.08. The van der Waals surface area contributed by atoms with E-state index in [0.29, 0.717) is 6.16 Å². The fraction of sp³-hybridized carbons (Fsp3) is 1.00. The van der Waals surface area contributed by atoms with Gasteiger partial charge in [0.15, 0.2) is 0 Å². The predicted molar refractivity (Wildman–Crippen MR) is 42.8 cm³/mol. The average Bonchev–Trinajstić information content (AvgIpc) is 2.33. The van der Waals surface area contributed by atoms with Gasteiger partial charge in [0.05, 0.1) is 12.3 Å². The number of halogens is 1. The van der Waals surface area contributed by atoms with Crippen LogP contribution >= 0.6 is 23.5 Å². The molecule has 0 saturated carbocycles. The third-order valence-corrected chi connectivity index (χ3v) is 4.19. The minimum atomic E-state index is -2.65. The van der Waals surface area contributed by atoms with Gasteiger partial charge in [-0.25, -0.2) is 0 Å². The summed E-state index contributed by atoms with van der Waals surface area (Å²) in [7, 11) is -1.23. The third kappa shape index (κ3) is 1.82. The Balaban J connectivity index is 2.49. The second-order valence-electron chi connectivity index (χ2n) is 2.19. The standard InChI is InChI=1S/C5H10BrO3P/c1-8-10(7)3-2-5(4-6)9-10/h5H,2-4H2,1H3. The van der Waals surface area contributed by atoms with E-state index in [2.05, 4.69) is 15.9 Å². The van der Waals surface area contributed by atoms with Gasteiger partial charge in [-0.05, 0) is 6.42 Å². The highest BCUT2D eigenvalue weighted by Gasteiger charge is 2.34. The molecule has 0 aliphatic carbocycles. The van der Waals surface area contributed by atoms with E-state index in [1.54, 1.807) is 0 Å². The van der Waals surface area contributed by atoms with Crippen molar-refractivity contribution in [2.24, 2.45) is 0 Å². The molecule has 0 aromatic rings. The van der Waals surface area contributed by atoms with E-state index in [1.165, 1.54) is 7.11 Å². The summed E-state index contributed by atoms with van der Waals surface area (Å²) in [5.74, 6) is 0. The summed E-state index contributed by atoms with van der Waals surface area (Å²) in [6.07, 6.45) is 1.46. The quantitative estimate of drug-likeness (QED) is 0.536. The maximum atomic E-state index is 11.3. The van der Waals surface area contributed by atoms with Gasteiger partial charge < -0.3 is 9.05 Å². The molecular weight excluding hydrogens is 219 g/mol. The smallest absolute Gasteiger partial charge is 0.312 e. The summed E-state index contributed by atoms with van der Waals surface area (Å²) >= 11 is 3.26. The van der Waals surface area contributed by atoms with Crippen molar-refractivity contribution in [2.45, 2.75) is 12.5 Å². The van der Waals surface area contributed by atoms with E-state index < -0.39 is 7.60 Å². The molecule has 0 spiro atoms. The Morgan fingerprint density at radius 3 is 2.90 bits per heavy atom. The van der Waals surface area contributed by atoms with Gasteiger partial charge >= 0.3 is 7.60 Å². The van der Waals surface area contributed by atoms with Crippen LogP contribution in [0.3, 0.4) is 0 Å². The Bertz CT molecular complexity index is 161. The normalized spacial score (nSPS) is 40.4. The van der Waals surface area contributed by atoms with Crippen LogP contribution < -0.4 is 0 Å². The lowest BCUT2D eigenvalue weighted by Crippen LogP contribution is -2.04. The lowest BCUT2D eigenvalue weighted by atomic mass is 10.3. The third-order valence-electron chi connectivity index (χ3n) is 1.48.